The molecule has 2 saturated heterocycles. The Morgan fingerprint density at radius 1 is 0.808 bits per heavy atom. The highest BCUT2D eigenvalue weighted by Crippen LogP contribution is 2.43. The van der Waals surface area contributed by atoms with Crippen LogP contribution in [-0.2, 0) is 56.9 Å². The Kier molecular flexibility index (Phi) is 19.9. The van der Waals surface area contributed by atoms with Gasteiger partial charge in [-0.15, -0.1) is 0 Å². The van der Waals surface area contributed by atoms with Crippen molar-refractivity contribution < 1.29 is 71.6 Å². The van der Waals surface area contributed by atoms with Crippen LogP contribution >= 0.6 is 0 Å². The summed E-state index contributed by atoms with van der Waals surface area (Å²) in [6.45, 7) is 18.6. The van der Waals surface area contributed by atoms with Crippen LogP contribution in [0.15, 0.2) is 77.8 Å². The van der Waals surface area contributed by atoms with Crippen LogP contribution in [0.1, 0.15) is 116 Å². The van der Waals surface area contributed by atoms with Crippen molar-refractivity contribution in [2.45, 2.75) is 185 Å². The first-order chi connectivity index (χ1) is 34.6. The molecule has 1 N–H and O–H groups in total. The topological polar surface area (TPSA) is 189 Å². The van der Waals surface area contributed by atoms with Crippen molar-refractivity contribution in [3.8, 4) is 0 Å². The number of ether oxygens (including phenoxy) is 11. The van der Waals surface area contributed by atoms with Crippen LogP contribution < -0.4 is 0 Å². The maximum Gasteiger partial charge on any atom is 0.338 e. The van der Waals surface area contributed by atoms with Crippen molar-refractivity contribution in [3.05, 3.63) is 83.9 Å². The van der Waals surface area contributed by atoms with Crippen LogP contribution in [0.4, 0.5) is 0 Å². The fourth-order valence-corrected chi connectivity index (χ4v) is 11.2. The van der Waals surface area contributed by atoms with E-state index in [-0.39, 0.29) is 44.6 Å². The van der Waals surface area contributed by atoms with Gasteiger partial charge in [-0.1, -0.05) is 69.3 Å². The lowest BCUT2D eigenvalue weighted by Gasteiger charge is -2.50. The molecule has 18 atom stereocenters. The number of cyclic esters (lactones) is 1. The third-order valence-corrected chi connectivity index (χ3v) is 15.2. The van der Waals surface area contributed by atoms with Crippen LogP contribution in [-0.4, -0.2) is 166 Å². The minimum Gasteiger partial charge on any atom is -0.484 e. The summed E-state index contributed by atoms with van der Waals surface area (Å²) in [5.41, 5.74) is -3.40. The zero-order valence-corrected chi connectivity index (χ0v) is 45.4. The summed E-state index contributed by atoms with van der Waals surface area (Å²) in [4.78, 5) is 49.6. The summed E-state index contributed by atoms with van der Waals surface area (Å²) in [6.07, 6.45) is -4.44. The average molecular weight is 1020 g/mol. The Morgan fingerprint density at radius 3 is 2.01 bits per heavy atom. The minimum absolute atomic E-state index is 0.0782. The molecule has 2 aromatic rings. The average Bonchev–Trinajstić information content (AvgIpc) is 3.37. The lowest BCUT2D eigenvalue weighted by atomic mass is 9.77. The minimum atomic E-state index is -1.75. The van der Waals surface area contributed by atoms with E-state index in [9.17, 15) is 14.7 Å². The molecule has 0 amide bonds. The summed E-state index contributed by atoms with van der Waals surface area (Å²) in [5.74, 6) is -3.64. The molecule has 0 aliphatic carbocycles. The van der Waals surface area contributed by atoms with E-state index in [4.69, 9.17) is 57.1 Å². The lowest BCUT2D eigenvalue weighted by molar-refractivity contribution is -0.319. The maximum atomic E-state index is 15.0. The number of aliphatic imine (C=N–C) groups is 1. The molecule has 0 radical (unpaired) electrons. The molecular weight excluding hydrogens is 941 g/mol. The summed E-state index contributed by atoms with van der Waals surface area (Å²) in [5, 5.41) is 12.5. The molecule has 6 rings (SSSR count). The van der Waals surface area contributed by atoms with E-state index in [1.165, 1.54) is 0 Å². The number of carbonyl (C=O) groups excluding carboxylic acids is 3. The first-order valence-corrected chi connectivity index (χ1v) is 25.9. The highest BCUT2D eigenvalue weighted by Gasteiger charge is 2.55. The van der Waals surface area contributed by atoms with Crippen molar-refractivity contribution in [1.29, 1.82) is 0 Å². The van der Waals surface area contributed by atoms with Crippen LogP contribution in [0.5, 0.6) is 0 Å². The van der Waals surface area contributed by atoms with E-state index in [1.54, 1.807) is 83.5 Å². The molecule has 2 aromatic carbocycles. The number of esters is 3. The third-order valence-electron chi connectivity index (χ3n) is 15.2. The van der Waals surface area contributed by atoms with Gasteiger partial charge in [-0.05, 0) is 106 Å². The number of benzene rings is 2. The Bertz CT molecular complexity index is 2180. The molecule has 0 saturated carbocycles. The number of carbonyl (C=O) groups is 3. The molecular formula is C56H82N2O15. The molecule has 4 heterocycles. The van der Waals surface area contributed by atoms with Crippen molar-refractivity contribution in [3.63, 3.8) is 0 Å². The smallest absolute Gasteiger partial charge is 0.338 e. The second-order valence-corrected chi connectivity index (χ2v) is 21.2. The fraction of sp³-hybridized carbons (Fsp3) is 0.679. The van der Waals surface area contributed by atoms with E-state index in [0.717, 1.165) is 0 Å². The van der Waals surface area contributed by atoms with Gasteiger partial charge in [-0.25, -0.2) is 14.6 Å². The van der Waals surface area contributed by atoms with Crippen molar-refractivity contribution in [1.82, 2.24) is 4.90 Å². The summed E-state index contributed by atoms with van der Waals surface area (Å²) in [7, 11) is 6.95. The van der Waals surface area contributed by atoms with Crippen molar-refractivity contribution in [2.75, 3.05) is 41.5 Å². The van der Waals surface area contributed by atoms with Gasteiger partial charge in [0.15, 0.2) is 30.7 Å². The molecule has 2 fully saturated rings. The predicted molar refractivity (Wildman–Crippen MR) is 272 cm³/mol. The fourth-order valence-electron chi connectivity index (χ4n) is 11.2. The number of fused-ring (bicyclic) bond motifs is 5. The standard InChI is InChI=1S/C56H82N2O15/c1-15-42-56(10,62)47-37(6)57-49(63-13)33(2)31-55(9,66-29-23-22-28-65-47)46(73-53-45(41(58(11)12)30-34(3)67-53)71-51(60)39-24-18-16-19-25-39)35(4)44(36(5)50(59)69-42)70-43-32-54(8,64-14)48(38(7)68-43)72-52(61)40-26-20-17-21-27-40/h16-27,33-38,41-48,53,62H,15,28-32H2,1-14H3/b23-22+,57-49?/t33-,34-,35+,36-,37-,38+,41+,42-,43+,44+,45-,46-,47-,48+,53+,54-,55-,56-/m1/s1. The zero-order valence-electron chi connectivity index (χ0n) is 45.4. The highest BCUT2D eigenvalue weighted by molar-refractivity contribution is 5.90. The lowest BCUT2D eigenvalue weighted by Crippen LogP contribution is -2.62. The first-order valence-electron chi connectivity index (χ1n) is 25.9. The molecule has 4 aliphatic rings. The largest absolute Gasteiger partial charge is 0.484 e. The van der Waals surface area contributed by atoms with Gasteiger partial charge in [-0.3, -0.25) is 4.79 Å². The molecule has 17 nitrogen and oxygen atoms in total. The maximum absolute atomic E-state index is 15.0. The van der Waals surface area contributed by atoms with Crippen LogP contribution in [0, 0.1) is 17.8 Å². The van der Waals surface area contributed by atoms with Crippen LogP contribution in [0.3, 0.4) is 0 Å². The normalized spacial score (nSPS) is 39.5. The van der Waals surface area contributed by atoms with E-state index in [0.29, 0.717) is 23.4 Å². The number of aliphatic hydroxyl groups is 1. The van der Waals surface area contributed by atoms with Gasteiger partial charge >= 0.3 is 17.9 Å². The Labute approximate surface area is 432 Å². The summed E-state index contributed by atoms with van der Waals surface area (Å²) < 4.78 is 72.6. The van der Waals surface area contributed by atoms with Crippen molar-refractivity contribution in [2.24, 2.45) is 22.7 Å². The SMILES string of the molecule is CC[C@H]1OC(=O)[C@H](C)[C@@H](O[C@H]2C[C@@](C)(OC)[C@@H](OC(=O)c3ccccc3)[C@H](C)O2)[C@H](C)[C@@H](O[C@@H]2O[C@H](C)C[C@H](N(C)C)[C@H]2OC(=O)c2ccccc2)[C@@]2(C)C[C@@H](C)C(OC)=N[C@H](C)[C@@H](OC/C=C/CO2)[C@]1(C)O. The van der Waals surface area contributed by atoms with E-state index in [2.05, 4.69) is 0 Å². The van der Waals surface area contributed by atoms with E-state index >= 15 is 4.79 Å². The van der Waals surface area contributed by atoms with Crippen LogP contribution in [0.25, 0.3) is 0 Å². The first kappa shape index (κ1) is 58.0. The number of hydrogen-bond donors (Lipinski definition) is 1. The summed E-state index contributed by atoms with van der Waals surface area (Å²) >= 11 is 0. The Morgan fingerprint density at radius 2 is 1.42 bits per heavy atom. The van der Waals surface area contributed by atoms with Crippen LogP contribution in [0.2, 0.25) is 0 Å². The van der Waals surface area contributed by atoms with Gasteiger partial charge in [0.05, 0.1) is 79.5 Å². The highest BCUT2D eigenvalue weighted by atomic mass is 16.7. The van der Waals surface area contributed by atoms with Gasteiger partial charge in [0.2, 0.25) is 0 Å². The van der Waals surface area contributed by atoms with Crippen molar-refractivity contribution >= 4 is 23.8 Å². The van der Waals surface area contributed by atoms with Gasteiger partial charge in [0.1, 0.15) is 23.4 Å². The summed E-state index contributed by atoms with van der Waals surface area (Å²) in [6, 6.07) is 16.4. The second kappa shape index (κ2) is 25.0. The van der Waals surface area contributed by atoms with Gasteiger partial charge in [-0.2, -0.15) is 0 Å². The Balaban J connectivity index is 1.51. The number of likely N-dealkylation sites (N-methyl/N-ethyl adjacent to an activating group) is 1. The number of rotatable bonds is 11. The molecule has 73 heavy (non-hydrogen) atoms. The van der Waals surface area contributed by atoms with Gasteiger partial charge in [0, 0.05) is 25.4 Å². The molecule has 406 valence electrons. The molecule has 4 aliphatic heterocycles. The number of hydrogen-bond acceptors (Lipinski definition) is 17. The Hall–Kier alpha value is -4.30. The van der Waals surface area contributed by atoms with E-state index in [1.807, 2.05) is 91.7 Å². The van der Waals surface area contributed by atoms with Gasteiger partial charge in [0.25, 0.3) is 0 Å². The third kappa shape index (κ3) is 13.6. The van der Waals surface area contributed by atoms with E-state index < -0.39 is 114 Å². The monoisotopic (exact) mass is 1020 g/mol. The second-order valence-electron chi connectivity index (χ2n) is 21.2. The number of nitrogens with zero attached hydrogens (tertiary/aromatic N) is 2. The predicted octanol–water partition coefficient (Wildman–Crippen LogP) is 7.36. The molecule has 2 bridgehead atoms. The molecule has 17 heteroatoms. The zero-order chi connectivity index (χ0) is 53.4. The quantitative estimate of drug-likeness (QED) is 0.133. The van der Waals surface area contributed by atoms with Gasteiger partial charge < -0.3 is 62.1 Å². The number of methoxy groups -OCH3 is 2. The molecule has 0 aromatic heterocycles. The molecule has 0 spiro atoms. The molecule has 0 unspecified atom stereocenters.